The van der Waals surface area contributed by atoms with Crippen molar-refractivity contribution in [1.82, 2.24) is 5.32 Å². The fraction of sp³-hybridized carbons (Fsp3) is 0.750. The Balaban J connectivity index is 3.23. The summed E-state index contributed by atoms with van der Waals surface area (Å²) < 4.78 is 4.83. The zero-order valence-corrected chi connectivity index (χ0v) is 7.22. The van der Waals surface area contributed by atoms with Gasteiger partial charge in [-0.1, -0.05) is 13.3 Å². The van der Waals surface area contributed by atoms with Crippen LogP contribution in [0.25, 0.3) is 0 Å². The molecule has 0 aliphatic rings. The second-order valence-electron chi connectivity index (χ2n) is 2.59. The molecule has 3 nitrogen and oxygen atoms in total. The number of nitrogens with one attached hydrogen (secondary N) is 1. The summed E-state index contributed by atoms with van der Waals surface area (Å²) >= 11 is 0. The summed E-state index contributed by atoms with van der Waals surface area (Å²) in [5.74, 6) is 0. The molecule has 1 N–H and O–H groups in total. The van der Waals surface area contributed by atoms with Crippen molar-refractivity contribution in [3.05, 3.63) is 6.92 Å². The van der Waals surface area contributed by atoms with Gasteiger partial charge in [-0.2, -0.15) is 0 Å². The van der Waals surface area contributed by atoms with E-state index < -0.39 is 0 Å². The van der Waals surface area contributed by atoms with Crippen LogP contribution < -0.4 is 5.32 Å². The highest BCUT2D eigenvalue weighted by Crippen LogP contribution is 1.89. The summed E-state index contributed by atoms with van der Waals surface area (Å²) in [5, 5.41) is 2.61. The Bertz CT molecular complexity index is 113. The molecule has 0 aliphatic carbocycles. The number of ether oxygens (including phenoxy) is 1. The maximum atomic E-state index is 10.8. The number of unbranched alkanes of at least 4 members (excludes halogenated alkanes) is 1. The molecule has 0 aromatic carbocycles. The maximum Gasteiger partial charge on any atom is 0.407 e. The quantitative estimate of drug-likeness (QED) is 0.633. The molecular formula is C8H16NO2. The van der Waals surface area contributed by atoms with E-state index in [2.05, 4.69) is 12.2 Å². The van der Waals surface area contributed by atoms with Gasteiger partial charge in [0.1, 0.15) is 0 Å². The van der Waals surface area contributed by atoms with Gasteiger partial charge < -0.3 is 10.1 Å². The molecule has 0 aromatic rings. The average molecular weight is 158 g/mol. The largest absolute Gasteiger partial charge is 0.447 e. The molecule has 0 atom stereocenters. The van der Waals surface area contributed by atoms with Gasteiger partial charge in [-0.3, -0.25) is 0 Å². The van der Waals surface area contributed by atoms with Crippen molar-refractivity contribution in [2.75, 3.05) is 6.54 Å². The van der Waals surface area contributed by atoms with E-state index in [9.17, 15) is 4.79 Å². The van der Waals surface area contributed by atoms with Crippen LogP contribution in [0.3, 0.4) is 0 Å². The van der Waals surface area contributed by atoms with Crippen molar-refractivity contribution in [1.29, 1.82) is 0 Å². The van der Waals surface area contributed by atoms with Gasteiger partial charge >= 0.3 is 6.09 Å². The second kappa shape index (κ2) is 6.01. The molecule has 0 bridgehead atoms. The molecule has 65 valence electrons. The van der Waals surface area contributed by atoms with Crippen molar-refractivity contribution < 1.29 is 9.53 Å². The smallest absolute Gasteiger partial charge is 0.407 e. The third-order valence-corrected chi connectivity index (χ3v) is 1.04. The van der Waals surface area contributed by atoms with Gasteiger partial charge in [-0.15, -0.1) is 0 Å². The highest BCUT2D eigenvalue weighted by Gasteiger charge is 2.01. The van der Waals surface area contributed by atoms with Gasteiger partial charge in [-0.25, -0.2) is 4.79 Å². The van der Waals surface area contributed by atoms with E-state index in [1.54, 1.807) is 0 Å². The molecule has 1 radical (unpaired) electrons. The Hall–Kier alpha value is -0.730. The number of rotatable bonds is 4. The van der Waals surface area contributed by atoms with Crippen LogP contribution in [-0.2, 0) is 4.74 Å². The molecule has 0 heterocycles. The summed E-state index contributed by atoms with van der Waals surface area (Å²) in [6.07, 6.45) is 1.35. The summed E-state index contributed by atoms with van der Waals surface area (Å²) in [6.45, 7) is 7.94. The van der Waals surface area contributed by atoms with Gasteiger partial charge in [0.2, 0.25) is 0 Å². The standard InChI is InChI=1S/C8H16NO2/c1-4-5-6-9-8(10)11-7(2)3/h7H,1,4-6H2,2-3H3,(H,9,10). The number of amides is 1. The van der Waals surface area contributed by atoms with Crippen LogP contribution in [0.2, 0.25) is 0 Å². The third kappa shape index (κ3) is 7.16. The maximum absolute atomic E-state index is 10.8. The zero-order valence-electron chi connectivity index (χ0n) is 7.22. The summed E-state index contributed by atoms with van der Waals surface area (Å²) in [7, 11) is 0. The minimum absolute atomic E-state index is 0.0465. The Morgan fingerprint density at radius 3 is 2.73 bits per heavy atom. The fourth-order valence-electron chi connectivity index (χ4n) is 0.571. The first kappa shape index (κ1) is 10.3. The molecule has 3 heteroatoms. The highest BCUT2D eigenvalue weighted by molar-refractivity contribution is 5.67. The number of hydrogen-bond donors (Lipinski definition) is 1. The Labute approximate surface area is 68.1 Å². The van der Waals surface area contributed by atoms with Crippen LogP contribution in [0, 0.1) is 6.92 Å². The van der Waals surface area contributed by atoms with Crippen molar-refractivity contribution >= 4 is 6.09 Å². The molecule has 0 fully saturated rings. The molecule has 0 unspecified atom stereocenters. The third-order valence-electron chi connectivity index (χ3n) is 1.04. The first-order valence-electron chi connectivity index (χ1n) is 3.90. The normalized spacial score (nSPS) is 9.82. The van der Waals surface area contributed by atoms with E-state index in [-0.39, 0.29) is 12.2 Å². The number of alkyl carbamates (subject to hydrolysis) is 1. The molecule has 0 rings (SSSR count). The van der Waals surface area contributed by atoms with E-state index in [0.717, 1.165) is 12.8 Å². The van der Waals surface area contributed by atoms with E-state index in [1.165, 1.54) is 0 Å². The number of hydrogen-bond acceptors (Lipinski definition) is 2. The topological polar surface area (TPSA) is 38.3 Å². The number of carbonyl (C=O) groups is 1. The Kier molecular flexibility index (Phi) is 5.61. The van der Waals surface area contributed by atoms with Gasteiger partial charge in [-0.05, 0) is 20.3 Å². The van der Waals surface area contributed by atoms with Gasteiger partial charge in [0.05, 0.1) is 6.10 Å². The molecule has 0 spiro atoms. The fourth-order valence-corrected chi connectivity index (χ4v) is 0.571. The van der Waals surface area contributed by atoms with E-state index in [0.29, 0.717) is 6.54 Å². The molecule has 0 aliphatic heterocycles. The van der Waals surface area contributed by atoms with Gasteiger partial charge in [0, 0.05) is 6.54 Å². The van der Waals surface area contributed by atoms with Crippen molar-refractivity contribution in [2.24, 2.45) is 0 Å². The van der Waals surface area contributed by atoms with Crippen LogP contribution in [0.15, 0.2) is 0 Å². The lowest BCUT2D eigenvalue weighted by Crippen LogP contribution is -2.27. The minimum Gasteiger partial charge on any atom is -0.447 e. The van der Waals surface area contributed by atoms with Crippen LogP contribution in [0.5, 0.6) is 0 Å². The predicted octanol–water partition coefficient (Wildman–Crippen LogP) is 1.74. The molecule has 0 saturated heterocycles. The van der Waals surface area contributed by atoms with E-state index in [4.69, 9.17) is 4.74 Å². The molecule has 1 amide bonds. The van der Waals surface area contributed by atoms with Crippen molar-refractivity contribution in [2.45, 2.75) is 32.8 Å². The van der Waals surface area contributed by atoms with Gasteiger partial charge in [0.15, 0.2) is 0 Å². The summed E-state index contributed by atoms with van der Waals surface area (Å²) in [4.78, 5) is 10.8. The summed E-state index contributed by atoms with van der Waals surface area (Å²) in [6, 6.07) is 0. The lowest BCUT2D eigenvalue weighted by atomic mass is 10.3. The van der Waals surface area contributed by atoms with E-state index >= 15 is 0 Å². The Morgan fingerprint density at radius 1 is 1.64 bits per heavy atom. The molecule has 0 saturated carbocycles. The molecular weight excluding hydrogens is 142 g/mol. The summed E-state index contributed by atoms with van der Waals surface area (Å²) in [5.41, 5.74) is 0. The second-order valence-corrected chi connectivity index (χ2v) is 2.59. The zero-order chi connectivity index (χ0) is 8.69. The molecule has 0 aromatic heterocycles. The first-order valence-corrected chi connectivity index (χ1v) is 3.90. The van der Waals surface area contributed by atoms with Crippen molar-refractivity contribution in [3.8, 4) is 0 Å². The van der Waals surface area contributed by atoms with Crippen LogP contribution in [0.1, 0.15) is 26.7 Å². The van der Waals surface area contributed by atoms with Crippen molar-refractivity contribution in [3.63, 3.8) is 0 Å². The van der Waals surface area contributed by atoms with Crippen LogP contribution in [-0.4, -0.2) is 18.7 Å². The molecule has 11 heavy (non-hydrogen) atoms. The van der Waals surface area contributed by atoms with Crippen LogP contribution >= 0.6 is 0 Å². The average Bonchev–Trinajstić information content (AvgIpc) is 1.86. The van der Waals surface area contributed by atoms with Gasteiger partial charge in [0.25, 0.3) is 0 Å². The van der Waals surface area contributed by atoms with E-state index in [1.807, 2.05) is 13.8 Å². The lowest BCUT2D eigenvalue weighted by molar-refractivity contribution is 0.115. The first-order chi connectivity index (χ1) is 5.16. The minimum atomic E-state index is -0.339. The monoisotopic (exact) mass is 158 g/mol. The lowest BCUT2D eigenvalue weighted by Gasteiger charge is -2.08. The Morgan fingerprint density at radius 2 is 2.27 bits per heavy atom. The highest BCUT2D eigenvalue weighted by atomic mass is 16.6. The number of carbonyl (C=O) groups excluding carboxylic acids is 1. The SMILES string of the molecule is [CH2]CCCNC(=O)OC(C)C. The predicted molar refractivity (Wildman–Crippen MR) is 44.2 cm³/mol. The van der Waals surface area contributed by atoms with Crippen LogP contribution in [0.4, 0.5) is 4.79 Å².